The Labute approximate surface area is 172 Å². The number of hydrogen-bond acceptors (Lipinski definition) is 3. The first kappa shape index (κ1) is 18.1. The largest absolute Gasteiger partial charge is 0.387 e. The zero-order valence-electron chi connectivity index (χ0n) is 16.6. The third-order valence-electron chi connectivity index (χ3n) is 6.50. The lowest BCUT2D eigenvalue weighted by molar-refractivity contribution is 0.277. The van der Waals surface area contributed by atoms with E-state index in [-0.39, 0.29) is 0 Å². The van der Waals surface area contributed by atoms with Gasteiger partial charge >= 0.3 is 0 Å². The van der Waals surface area contributed by atoms with Crippen LogP contribution in [0.3, 0.4) is 0 Å². The van der Waals surface area contributed by atoms with Crippen LogP contribution in [0.25, 0.3) is 5.57 Å². The van der Waals surface area contributed by atoms with Gasteiger partial charge in [0, 0.05) is 40.3 Å². The molecule has 1 aromatic rings. The predicted molar refractivity (Wildman–Crippen MR) is 120 cm³/mol. The molecular formula is C25H28N2S. The van der Waals surface area contributed by atoms with Gasteiger partial charge in [-0.25, -0.2) is 0 Å². The Hall–Kier alpha value is -1.97. The summed E-state index contributed by atoms with van der Waals surface area (Å²) in [4.78, 5) is 3.88. The first-order valence-corrected chi connectivity index (χ1v) is 11.2. The molecule has 5 atom stereocenters. The number of thioether (sulfide) groups is 1. The molecule has 5 rings (SSSR count). The summed E-state index contributed by atoms with van der Waals surface area (Å²) in [5, 5.41) is 4.31. The Morgan fingerprint density at radius 3 is 2.71 bits per heavy atom. The van der Waals surface area contributed by atoms with E-state index in [1.54, 1.807) is 0 Å². The van der Waals surface area contributed by atoms with Gasteiger partial charge in [-0.2, -0.15) is 0 Å². The van der Waals surface area contributed by atoms with E-state index in [0.717, 1.165) is 12.8 Å². The van der Waals surface area contributed by atoms with Crippen molar-refractivity contribution in [3.05, 3.63) is 84.1 Å². The fourth-order valence-electron chi connectivity index (χ4n) is 4.96. The molecule has 2 heterocycles. The predicted octanol–water partition coefficient (Wildman–Crippen LogP) is 5.14. The molecular weight excluding hydrogens is 360 g/mol. The smallest absolute Gasteiger partial charge is 0.0382 e. The zero-order valence-corrected chi connectivity index (χ0v) is 17.4. The number of nitrogens with zero attached hydrogens (tertiary/aromatic N) is 1. The van der Waals surface area contributed by atoms with Gasteiger partial charge in [-0.3, -0.25) is 0 Å². The average molecular weight is 389 g/mol. The van der Waals surface area contributed by atoms with Crippen molar-refractivity contribution in [3.63, 3.8) is 0 Å². The maximum absolute atomic E-state index is 3.77. The molecule has 0 saturated carbocycles. The van der Waals surface area contributed by atoms with Gasteiger partial charge in [0.05, 0.1) is 0 Å². The number of rotatable bonds is 3. The van der Waals surface area contributed by atoms with Gasteiger partial charge in [-0.05, 0) is 43.6 Å². The summed E-state index contributed by atoms with van der Waals surface area (Å²) < 4.78 is 0. The number of nitrogens with one attached hydrogen (secondary N) is 1. The third kappa shape index (κ3) is 3.11. The van der Waals surface area contributed by atoms with E-state index < -0.39 is 0 Å². The first-order valence-electron chi connectivity index (χ1n) is 10.3. The molecule has 0 aromatic heterocycles. The first-order chi connectivity index (χ1) is 13.7. The highest BCUT2D eigenvalue weighted by Gasteiger charge is 2.36. The van der Waals surface area contributed by atoms with Crippen LogP contribution in [0.4, 0.5) is 0 Å². The second-order valence-electron chi connectivity index (χ2n) is 8.40. The van der Waals surface area contributed by atoms with Crippen LogP contribution in [0.1, 0.15) is 29.9 Å². The highest BCUT2D eigenvalue weighted by molar-refractivity contribution is 8.00. The molecule has 5 unspecified atom stereocenters. The van der Waals surface area contributed by atoms with Gasteiger partial charge in [-0.15, -0.1) is 11.8 Å². The van der Waals surface area contributed by atoms with E-state index in [9.17, 15) is 0 Å². The monoisotopic (exact) mass is 388 g/mol. The summed E-state index contributed by atoms with van der Waals surface area (Å²) in [6.45, 7) is 0. The van der Waals surface area contributed by atoms with Crippen molar-refractivity contribution in [2.45, 2.75) is 41.0 Å². The topological polar surface area (TPSA) is 15.3 Å². The van der Waals surface area contributed by atoms with Gasteiger partial charge in [0.2, 0.25) is 0 Å². The van der Waals surface area contributed by atoms with E-state index in [2.05, 4.69) is 97.3 Å². The molecule has 0 saturated heterocycles. The fraction of sp³-hybridized carbons (Fsp3) is 0.360. The molecule has 1 aromatic carbocycles. The van der Waals surface area contributed by atoms with Crippen LogP contribution in [-0.2, 0) is 0 Å². The number of allylic oxidation sites excluding steroid dienone is 6. The van der Waals surface area contributed by atoms with Crippen LogP contribution in [0.2, 0.25) is 0 Å². The summed E-state index contributed by atoms with van der Waals surface area (Å²) in [6.07, 6.45) is 22.7. The van der Waals surface area contributed by atoms with E-state index in [0.29, 0.717) is 29.2 Å². The Bertz CT molecular complexity index is 905. The molecule has 0 spiro atoms. The van der Waals surface area contributed by atoms with E-state index in [4.69, 9.17) is 0 Å². The van der Waals surface area contributed by atoms with Crippen LogP contribution < -0.4 is 5.32 Å². The van der Waals surface area contributed by atoms with Gasteiger partial charge in [0.15, 0.2) is 0 Å². The van der Waals surface area contributed by atoms with Gasteiger partial charge < -0.3 is 10.2 Å². The quantitative estimate of drug-likeness (QED) is 0.772. The molecule has 0 amide bonds. The third-order valence-corrected chi connectivity index (χ3v) is 7.91. The number of likely N-dealkylation sites (N-methyl/N-ethyl adjacent to an activating group) is 1. The minimum atomic E-state index is 0.436. The van der Waals surface area contributed by atoms with E-state index >= 15 is 0 Å². The fourth-order valence-corrected chi connectivity index (χ4v) is 6.44. The van der Waals surface area contributed by atoms with Crippen LogP contribution in [0.15, 0.2) is 77.9 Å². The maximum Gasteiger partial charge on any atom is 0.0382 e. The van der Waals surface area contributed by atoms with Gasteiger partial charge in [0.25, 0.3) is 0 Å². The molecule has 0 radical (unpaired) electrons. The van der Waals surface area contributed by atoms with Gasteiger partial charge in [0.1, 0.15) is 0 Å². The normalized spacial score (nSPS) is 32.8. The maximum atomic E-state index is 3.77. The number of hydrogen-bond donors (Lipinski definition) is 1. The second-order valence-corrected chi connectivity index (χ2v) is 9.59. The molecule has 0 fully saturated rings. The number of benzene rings is 1. The molecule has 3 heteroatoms. The SMILES string of the molecule is CN(C)C1CC(C2C=CC=CC2)NC=C1c1cccc2c1SC1C=CC=CC21. The summed E-state index contributed by atoms with van der Waals surface area (Å²) in [7, 11) is 4.44. The minimum Gasteiger partial charge on any atom is -0.387 e. The van der Waals surface area contributed by atoms with Crippen molar-refractivity contribution in [3.8, 4) is 0 Å². The molecule has 4 aliphatic rings. The molecule has 2 aliphatic heterocycles. The van der Waals surface area contributed by atoms with Crippen molar-refractivity contribution in [2.75, 3.05) is 14.1 Å². The highest BCUT2D eigenvalue weighted by Crippen LogP contribution is 2.51. The lowest BCUT2D eigenvalue weighted by Gasteiger charge is -2.38. The molecule has 2 nitrogen and oxygen atoms in total. The summed E-state index contributed by atoms with van der Waals surface area (Å²) in [6, 6.07) is 7.83. The van der Waals surface area contributed by atoms with Crippen molar-refractivity contribution < 1.29 is 0 Å². The average Bonchev–Trinajstić information content (AvgIpc) is 3.13. The molecule has 2 aliphatic carbocycles. The Kier molecular flexibility index (Phi) is 4.82. The van der Waals surface area contributed by atoms with Gasteiger partial charge in [-0.1, -0.05) is 66.8 Å². The standard InChI is InChI=1S/C25H28N2S/c1-27(2)23-15-22(17-9-4-3-5-10-17)26-16-21(23)20-13-8-12-19-18-11-6-7-14-24(18)28-25(19)20/h3-9,11-14,16-18,22-24,26H,10,15H2,1-2H3. The molecule has 28 heavy (non-hydrogen) atoms. The lowest BCUT2D eigenvalue weighted by Crippen LogP contribution is -2.44. The molecule has 144 valence electrons. The minimum absolute atomic E-state index is 0.436. The van der Waals surface area contributed by atoms with Crippen LogP contribution >= 0.6 is 11.8 Å². The lowest BCUT2D eigenvalue weighted by atomic mass is 9.82. The zero-order chi connectivity index (χ0) is 19.1. The van der Waals surface area contributed by atoms with Crippen LogP contribution in [-0.4, -0.2) is 36.3 Å². The molecule has 0 bridgehead atoms. The Morgan fingerprint density at radius 2 is 1.89 bits per heavy atom. The van der Waals surface area contributed by atoms with Crippen molar-refractivity contribution in [2.24, 2.45) is 5.92 Å². The number of fused-ring (bicyclic) bond motifs is 3. The van der Waals surface area contributed by atoms with Crippen molar-refractivity contribution >= 4 is 17.3 Å². The van der Waals surface area contributed by atoms with Crippen LogP contribution in [0.5, 0.6) is 0 Å². The summed E-state index contributed by atoms with van der Waals surface area (Å²) in [5.74, 6) is 1.10. The summed E-state index contributed by atoms with van der Waals surface area (Å²) >= 11 is 2.04. The van der Waals surface area contributed by atoms with Crippen molar-refractivity contribution in [1.82, 2.24) is 10.2 Å². The summed E-state index contributed by atoms with van der Waals surface area (Å²) in [5.41, 5.74) is 4.35. The Balaban J connectivity index is 1.49. The molecule has 1 N–H and O–H groups in total. The Morgan fingerprint density at radius 1 is 1.04 bits per heavy atom. The van der Waals surface area contributed by atoms with E-state index in [1.165, 1.54) is 21.6 Å². The van der Waals surface area contributed by atoms with Crippen molar-refractivity contribution in [1.29, 1.82) is 0 Å². The van der Waals surface area contributed by atoms with E-state index in [1.807, 2.05) is 11.8 Å². The van der Waals surface area contributed by atoms with Crippen LogP contribution in [0, 0.1) is 5.92 Å². The second kappa shape index (κ2) is 7.46. The highest BCUT2D eigenvalue weighted by atomic mass is 32.2.